The first-order chi connectivity index (χ1) is 9.21. The van der Waals surface area contributed by atoms with Crippen molar-refractivity contribution in [3.8, 4) is 0 Å². The average molecular weight is 302 g/mol. The summed E-state index contributed by atoms with van der Waals surface area (Å²) < 4.78 is 27.1. The lowest BCUT2D eigenvalue weighted by atomic mass is 9.80. The largest absolute Gasteiger partial charge is 0.338 e. The Morgan fingerprint density at radius 1 is 1.30 bits per heavy atom. The predicted molar refractivity (Wildman–Crippen MR) is 74.3 cm³/mol. The Bertz CT molecular complexity index is 539. The molecule has 2 nitrogen and oxygen atoms in total. The molecule has 0 radical (unpaired) electrons. The fraction of sp³-hybridized carbons (Fsp3) is 0.533. The average Bonchev–Trinajstić information content (AvgIpc) is 2.71. The molecule has 1 amide bonds. The zero-order valence-corrected chi connectivity index (χ0v) is 12.6. The van der Waals surface area contributed by atoms with Gasteiger partial charge in [-0.1, -0.05) is 32.4 Å². The van der Waals surface area contributed by atoms with Crippen molar-refractivity contribution in [3.05, 3.63) is 34.4 Å². The number of amides is 1. The third-order valence-electron chi connectivity index (χ3n) is 3.83. The van der Waals surface area contributed by atoms with E-state index in [0.29, 0.717) is 6.54 Å². The quantitative estimate of drug-likeness (QED) is 0.756. The molecule has 0 N–H and O–H groups in total. The molecule has 1 aromatic carbocycles. The van der Waals surface area contributed by atoms with Gasteiger partial charge in [-0.15, -0.1) is 0 Å². The lowest BCUT2D eigenvalue weighted by Gasteiger charge is -2.26. The Morgan fingerprint density at radius 3 is 2.45 bits per heavy atom. The van der Waals surface area contributed by atoms with Gasteiger partial charge in [0.15, 0.2) is 0 Å². The van der Waals surface area contributed by atoms with Gasteiger partial charge in [0.1, 0.15) is 11.6 Å². The number of hydrogen-bond acceptors (Lipinski definition) is 1. The second kappa shape index (κ2) is 5.32. The van der Waals surface area contributed by atoms with Crippen LogP contribution in [-0.2, 0) is 11.3 Å². The van der Waals surface area contributed by atoms with Crippen molar-refractivity contribution in [3.63, 3.8) is 0 Å². The third kappa shape index (κ3) is 2.80. The van der Waals surface area contributed by atoms with Crippen LogP contribution in [0, 0.1) is 23.0 Å². The van der Waals surface area contributed by atoms with E-state index in [2.05, 4.69) is 0 Å². The highest BCUT2D eigenvalue weighted by Crippen LogP contribution is 2.36. The van der Waals surface area contributed by atoms with Gasteiger partial charge in [-0.2, -0.15) is 0 Å². The number of likely N-dealkylation sites (tertiary alicyclic amines) is 1. The summed E-state index contributed by atoms with van der Waals surface area (Å²) in [6, 6.07) is 2.03. The van der Waals surface area contributed by atoms with Crippen molar-refractivity contribution in [2.75, 3.05) is 6.54 Å². The molecule has 1 saturated heterocycles. The Morgan fingerprint density at radius 2 is 1.90 bits per heavy atom. The van der Waals surface area contributed by atoms with Crippen molar-refractivity contribution in [2.24, 2.45) is 11.3 Å². The molecule has 1 aliphatic rings. The monoisotopic (exact) mass is 301 g/mol. The highest BCUT2D eigenvalue weighted by molar-refractivity contribution is 6.31. The molecule has 0 saturated carbocycles. The smallest absolute Gasteiger partial charge is 0.226 e. The first kappa shape index (κ1) is 15.2. The number of benzene rings is 1. The highest BCUT2D eigenvalue weighted by atomic mass is 35.5. The fourth-order valence-electron chi connectivity index (χ4n) is 2.60. The summed E-state index contributed by atoms with van der Waals surface area (Å²) in [4.78, 5) is 13.9. The van der Waals surface area contributed by atoms with Gasteiger partial charge in [-0.3, -0.25) is 4.79 Å². The summed E-state index contributed by atoms with van der Waals surface area (Å²) in [7, 11) is 0. The number of carbonyl (C=O) groups is 1. The number of nitrogens with zero attached hydrogens (tertiary/aromatic N) is 1. The van der Waals surface area contributed by atoms with E-state index < -0.39 is 11.6 Å². The standard InChI is InChI=1S/C15H18ClF2NO/c1-15(2,3)10-6-7-19(14(10)20)8-9-11(17)4-5-12(18)13(9)16/h4-5,10H,6-8H2,1-3H3. The molecule has 0 aromatic heterocycles. The molecule has 0 spiro atoms. The van der Waals surface area contributed by atoms with Crippen molar-refractivity contribution >= 4 is 17.5 Å². The summed E-state index contributed by atoms with van der Waals surface area (Å²) in [5, 5.41) is -0.239. The van der Waals surface area contributed by atoms with Crippen LogP contribution in [0.3, 0.4) is 0 Å². The van der Waals surface area contributed by atoms with Crippen molar-refractivity contribution in [2.45, 2.75) is 33.7 Å². The molecule has 0 aliphatic carbocycles. The van der Waals surface area contributed by atoms with Crippen LogP contribution in [0.25, 0.3) is 0 Å². The first-order valence-electron chi connectivity index (χ1n) is 6.63. The topological polar surface area (TPSA) is 20.3 Å². The van der Waals surface area contributed by atoms with E-state index in [-0.39, 0.29) is 34.4 Å². The molecule has 1 unspecified atom stereocenters. The zero-order valence-electron chi connectivity index (χ0n) is 11.8. The molecule has 1 aliphatic heterocycles. The van der Waals surface area contributed by atoms with Gasteiger partial charge in [0.2, 0.25) is 5.91 Å². The summed E-state index contributed by atoms with van der Waals surface area (Å²) in [5.74, 6) is -1.35. The number of halogens is 3. The molecule has 110 valence electrons. The SMILES string of the molecule is CC(C)(C)C1CCN(Cc2c(F)ccc(F)c2Cl)C1=O. The lowest BCUT2D eigenvalue weighted by Crippen LogP contribution is -2.32. The Hall–Kier alpha value is -1.16. The molecule has 1 heterocycles. The van der Waals surface area contributed by atoms with E-state index >= 15 is 0 Å². The van der Waals surface area contributed by atoms with Crippen LogP contribution in [0.5, 0.6) is 0 Å². The molecule has 0 bridgehead atoms. The molecular formula is C15H18ClF2NO. The van der Waals surface area contributed by atoms with E-state index in [1.165, 1.54) is 0 Å². The van der Waals surface area contributed by atoms with Crippen LogP contribution in [0.4, 0.5) is 8.78 Å². The Balaban J connectivity index is 2.21. The molecular weight excluding hydrogens is 284 g/mol. The molecule has 1 atom stereocenters. The van der Waals surface area contributed by atoms with Crippen molar-refractivity contribution in [1.29, 1.82) is 0 Å². The molecule has 1 fully saturated rings. The summed E-state index contributed by atoms with van der Waals surface area (Å²) in [5.41, 5.74) is -0.0783. The van der Waals surface area contributed by atoms with Crippen LogP contribution in [0.1, 0.15) is 32.8 Å². The minimum atomic E-state index is -0.665. The molecule has 2 rings (SSSR count). The van der Waals surface area contributed by atoms with Gasteiger partial charge >= 0.3 is 0 Å². The molecule has 1 aromatic rings. The van der Waals surface area contributed by atoms with E-state index in [0.717, 1.165) is 18.6 Å². The van der Waals surface area contributed by atoms with Gasteiger partial charge in [0.05, 0.1) is 11.6 Å². The first-order valence-corrected chi connectivity index (χ1v) is 7.00. The minimum Gasteiger partial charge on any atom is -0.338 e. The van der Waals surface area contributed by atoms with Crippen LogP contribution in [0.15, 0.2) is 12.1 Å². The van der Waals surface area contributed by atoms with E-state index in [4.69, 9.17) is 11.6 Å². The van der Waals surface area contributed by atoms with Crippen molar-refractivity contribution < 1.29 is 13.6 Å². The van der Waals surface area contributed by atoms with E-state index in [1.807, 2.05) is 20.8 Å². The maximum Gasteiger partial charge on any atom is 0.226 e. The number of carbonyl (C=O) groups excluding carboxylic acids is 1. The van der Waals surface area contributed by atoms with Gasteiger partial charge in [-0.05, 0) is 24.0 Å². The predicted octanol–water partition coefficient (Wildman–Crippen LogP) is 4.01. The number of rotatable bonds is 2. The Labute approximate surface area is 122 Å². The molecule has 5 heteroatoms. The lowest BCUT2D eigenvalue weighted by molar-refractivity contribution is -0.134. The second-order valence-corrected chi connectivity index (χ2v) is 6.67. The number of hydrogen-bond donors (Lipinski definition) is 0. The van der Waals surface area contributed by atoms with E-state index in [1.54, 1.807) is 4.90 Å². The van der Waals surface area contributed by atoms with Gasteiger partial charge in [0, 0.05) is 18.0 Å². The van der Waals surface area contributed by atoms with Crippen molar-refractivity contribution in [1.82, 2.24) is 4.90 Å². The van der Waals surface area contributed by atoms with Crippen LogP contribution < -0.4 is 0 Å². The van der Waals surface area contributed by atoms with Crippen LogP contribution in [0.2, 0.25) is 5.02 Å². The maximum atomic E-state index is 13.8. The minimum absolute atomic E-state index is 0.0165. The van der Waals surface area contributed by atoms with Gasteiger partial charge < -0.3 is 4.90 Å². The van der Waals surface area contributed by atoms with Gasteiger partial charge in [0.25, 0.3) is 0 Å². The summed E-state index contributed by atoms with van der Waals surface area (Å²) in [6.45, 7) is 6.60. The fourth-order valence-corrected chi connectivity index (χ4v) is 2.82. The highest BCUT2D eigenvalue weighted by Gasteiger charge is 2.39. The molecule has 20 heavy (non-hydrogen) atoms. The normalized spacial score (nSPS) is 19.8. The maximum absolute atomic E-state index is 13.8. The zero-order chi connectivity index (χ0) is 15.1. The summed E-state index contributed by atoms with van der Waals surface area (Å²) in [6.07, 6.45) is 0.733. The van der Waals surface area contributed by atoms with Crippen LogP contribution in [-0.4, -0.2) is 17.4 Å². The summed E-state index contributed by atoms with van der Waals surface area (Å²) >= 11 is 5.80. The van der Waals surface area contributed by atoms with Gasteiger partial charge in [-0.25, -0.2) is 8.78 Å². The second-order valence-electron chi connectivity index (χ2n) is 6.29. The van der Waals surface area contributed by atoms with Crippen LogP contribution >= 0.6 is 11.6 Å². The third-order valence-corrected chi connectivity index (χ3v) is 4.24. The Kier molecular flexibility index (Phi) is 4.05. The van der Waals surface area contributed by atoms with E-state index in [9.17, 15) is 13.6 Å².